The van der Waals surface area contributed by atoms with Gasteiger partial charge in [-0.25, -0.2) is 0 Å². The third-order valence-electron chi connectivity index (χ3n) is 1.68. The first-order valence-electron chi connectivity index (χ1n) is 4.43. The molecule has 1 rings (SSSR count). The van der Waals surface area contributed by atoms with E-state index in [1.807, 2.05) is 13.8 Å². The molecule has 0 aliphatic heterocycles. The molecule has 0 saturated heterocycles. The standard InChI is InChI=1S/C8H15N3O2/c1-3-6(9)8-10-7(11-13-8)5-12-4-2/h6H,3-5,9H2,1-2H3/t6-/m1/s1. The molecule has 1 heterocycles. The molecule has 13 heavy (non-hydrogen) atoms. The van der Waals surface area contributed by atoms with E-state index in [4.69, 9.17) is 15.0 Å². The third-order valence-corrected chi connectivity index (χ3v) is 1.68. The fourth-order valence-corrected chi connectivity index (χ4v) is 0.845. The summed E-state index contributed by atoms with van der Waals surface area (Å²) in [6.45, 7) is 4.91. The first-order valence-corrected chi connectivity index (χ1v) is 4.43. The van der Waals surface area contributed by atoms with E-state index >= 15 is 0 Å². The molecule has 1 aromatic rings. The molecule has 2 N–H and O–H groups in total. The van der Waals surface area contributed by atoms with E-state index in [1.54, 1.807) is 0 Å². The van der Waals surface area contributed by atoms with E-state index in [0.29, 0.717) is 24.9 Å². The molecular weight excluding hydrogens is 170 g/mol. The van der Waals surface area contributed by atoms with Crippen LogP contribution in [0.2, 0.25) is 0 Å². The molecular formula is C8H15N3O2. The van der Waals surface area contributed by atoms with Crippen LogP contribution in [0.25, 0.3) is 0 Å². The normalized spacial score (nSPS) is 13.2. The van der Waals surface area contributed by atoms with Gasteiger partial charge in [-0.3, -0.25) is 0 Å². The summed E-state index contributed by atoms with van der Waals surface area (Å²) >= 11 is 0. The maximum Gasteiger partial charge on any atom is 0.243 e. The summed E-state index contributed by atoms with van der Waals surface area (Å²) in [5.41, 5.74) is 5.70. The first-order chi connectivity index (χ1) is 6.27. The van der Waals surface area contributed by atoms with Crippen molar-refractivity contribution in [2.45, 2.75) is 32.9 Å². The second kappa shape index (κ2) is 4.94. The second-order valence-electron chi connectivity index (χ2n) is 2.70. The predicted molar refractivity (Wildman–Crippen MR) is 46.8 cm³/mol. The number of hydrogen-bond donors (Lipinski definition) is 1. The van der Waals surface area contributed by atoms with Crippen LogP contribution in [0.5, 0.6) is 0 Å². The molecule has 0 bridgehead atoms. The Morgan fingerprint density at radius 1 is 1.54 bits per heavy atom. The van der Waals surface area contributed by atoms with Gasteiger partial charge in [-0.2, -0.15) is 4.98 Å². The Morgan fingerprint density at radius 2 is 2.31 bits per heavy atom. The van der Waals surface area contributed by atoms with E-state index < -0.39 is 0 Å². The van der Waals surface area contributed by atoms with Crippen molar-refractivity contribution in [1.29, 1.82) is 0 Å². The van der Waals surface area contributed by atoms with Crippen LogP contribution in [0.15, 0.2) is 4.52 Å². The van der Waals surface area contributed by atoms with Crippen molar-refractivity contribution in [2.75, 3.05) is 6.61 Å². The number of aromatic nitrogens is 2. The average Bonchev–Trinajstić information content (AvgIpc) is 2.62. The number of hydrogen-bond acceptors (Lipinski definition) is 5. The van der Waals surface area contributed by atoms with Gasteiger partial charge in [0, 0.05) is 6.61 Å². The van der Waals surface area contributed by atoms with Gasteiger partial charge in [0.25, 0.3) is 0 Å². The van der Waals surface area contributed by atoms with Crippen LogP contribution in [-0.4, -0.2) is 16.7 Å². The third kappa shape index (κ3) is 2.78. The first kappa shape index (κ1) is 10.1. The zero-order valence-corrected chi connectivity index (χ0v) is 7.99. The van der Waals surface area contributed by atoms with Crippen LogP contribution in [-0.2, 0) is 11.3 Å². The van der Waals surface area contributed by atoms with Gasteiger partial charge in [0.15, 0.2) is 5.82 Å². The molecule has 0 amide bonds. The van der Waals surface area contributed by atoms with Crippen LogP contribution < -0.4 is 5.73 Å². The monoisotopic (exact) mass is 185 g/mol. The van der Waals surface area contributed by atoms with Gasteiger partial charge in [0.1, 0.15) is 6.61 Å². The Balaban J connectivity index is 2.53. The largest absolute Gasteiger partial charge is 0.374 e. The van der Waals surface area contributed by atoms with Crippen molar-refractivity contribution in [1.82, 2.24) is 10.1 Å². The average molecular weight is 185 g/mol. The van der Waals surface area contributed by atoms with E-state index in [-0.39, 0.29) is 6.04 Å². The van der Waals surface area contributed by atoms with Crippen LogP contribution >= 0.6 is 0 Å². The minimum Gasteiger partial charge on any atom is -0.374 e. The molecule has 0 spiro atoms. The molecule has 0 unspecified atom stereocenters. The highest BCUT2D eigenvalue weighted by atomic mass is 16.5. The minimum atomic E-state index is -0.164. The number of rotatable bonds is 5. The SMILES string of the molecule is CCOCc1noc([C@H](N)CC)n1. The smallest absolute Gasteiger partial charge is 0.243 e. The fraction of sp³-hybridized carbons (Fsp3) is 0.750. The molecule has 0 aliphatic rings. The summed E-state index contributed by atoms with van der Waals surface area (Å²) in [7, 11) is 0. The van der Waals surface area contributed by atoms with Crippen molar-refractivity contribution in [3.63, 3.8) is 0 Å². The number of ether oxygens (including phenoxy) is 1. The highest BCUT2D eigenvalue weighted by Gasteiger charge is 2.12. The van der Waals surface area contributed by atoms with Crippen molar-refractivity contribution in [2.24, 2.45) is 5.73 Å². The second-order valence-corrected chi connectivity index (χ2v) is 2.70. The topological polar surface area (TPSA) is 74.2 Å². The summed E-state index contributed by atoms with van der Waals surface area (Å²) in [5, 5.41) is 3.73. The fourth-order valence-electron chi connectivity index (χ4n) is 0.845. The predicted octanol–water partition coefficient (Wildman–Crippen LogP) is 1.02. The van der Waals surface area contributed by atoms with E-state index in [2.05, 4.69) is 10.1 Å². The maximum atomic E-state index is 5.70. The Bertz CT molecular complexity index is 249. The molecule has 0 aromatic carbocycles. The molecule has 5 nitrogen and oxygen atoms in total. The van der Waals surface area contributed by atoms with Gasteiger partial charge in [-0.15, -0.1) is 0 Å². The quantitative estimate of drug-likeness (QED) is 0.741. The minimum absolute atomic E-state index is 0.164. The highest BCUT2D eigenvalue weighted by Crippen LogP contribution is 2.10. The lowest BCUT2D eigenvalue weighted by Gasteiger charge is -1.99. The zero-order valence-electron chi connectivity index (χ0n) is 7.99. The molecule has 0 saturated carbocycles. The number of nitrogens with two attached hydrogens (primary N) is 1. The van der Waals surface area contributed by atoms with E-state index in [9.17, 15) is 0 Å². The molecule has 0 radical (unpaired) electrons. The van der Waals surface area contributed by atoms with Gasteiger partial charge in [-0.05, 0) is 13.3 Å². The van der Waals surface area contributed by atoms with Crippen LogP contribution in [0, 0.1) is 0 Å². The zero-order chi connectivity index (χ0) is 9.68. The summed E-state index contributed by atoms with van der Waals surface area (Å²) in [6.07, 6.45) is 0.788. The molecule has 0 fully saturated rings. The summed E-state index contributed by atoms with van der Waals surface area (Å²) < 4.78 is 10.1. The Labute approximate surface area is 77.3 Å². The van der Waals surface area contributed by atoms with Gasteiger partial charge in [0.05, 0.1) is 6.04 Å². The summed E-state index contributed by atoms with van der Waals surface area (Å²) in [5.74, 6) is 1.04. The van der Waals surface area contributed by atoms with Crippen LogP contribution in [0.1, 0.15) is 38.0 Å². The van der Waals surface area contributed by atoms with E-state index in [0.717, 1.165) is 6.42 Å². The molecule has 1 aromatic heterocycles. The van der Waals surface area contributed by atoms with Crippen LogP contribution in [0.4, 0.5) is 0 Å². The van der Waals surface area contributed by atoms with Crippen molar-refractivity contribution >= 4 is 0 Å². The lowest BCUT2D eigenvalue weighted by atomic mass is 10.2. The lowest BCUT2D eigenvalue weighted by Crippen LogP contribution is -2.09. The van der Waals surface area contributed by atoms with Gasteiger partial charge in [-0.1, -0.05) is 12.1 Å². The Morgan fingerprint density at radius 3 is 2.92 bits per heavy atom. The van der Waals surface area contributed by atoms with Crippen molar-refractivity contribution in [3.8, 4) is 0 Å². The molecule has 1 atom stereocenters. The van der Waals surface area contributed by atoms with Crippen molar-refractivity contribution in [3.05, 3.63) is 11.7 Å². The summed E-state index contributed by atoms with van der Waals surface area (Å²) in [4.78, 5) is 4.09. The lowest BCUT2D eigenvalue weighted by molar-refractivity contribution is 0.126. The van der Waals surface area contributed by atoms with Gasteiger partial charge < -0.3 is 15.0 Å². The van der Waals surface area contributed by atoms with Gasteiger partial charge >= 0.3 is 0 Å². The van der Waals surface area contributed by atoms with Crippen molar-refractivity contribution < 1.29 is 9.26 Å². The maximum absolute atomic E-state index is 5.70. The van der Waals surface area contributed by atoms with Gasteiger partial charge in [0.2, 0.25) is 5.89 Å². The van der Waals surface area contributed by atoms with E-state index in [1.165, 1.54) is 0 Å². The summed E-state index contributed by atoms with van der Waals surface area (Å²) in [6, 6.07) is -0.164. The molecule has 74 valence electrons. The Hall–Kier alpha value is -0.940. The molecule has 5 heteroatoms. The highest BCUT2D eigenvalue weighted by molar-refractivity contribution is 4.89. The number of nitrogens with zero attached hydrogens (tertiary/aromatic N) is 2. The van der Waals surface area contributed by atoms with Crippen LogP contribution in [0.3, 0.4) is 0 Å². The Kier molecular flexibility index (Phi) is 3.85. The molecule has 0 aliphatic carbocycles.